The Morgan fingerprint density at radius 1 is 0.789 bits per heavy atom. The number of rotatable bonds is 2. The molecule has 0 aliphatic rings. The summed E-state index contributed by atoms with van der Waals surface area (Å²) in [5.74, 6) is -0.891. The molecule has 0 amide bonds. The summed E-state index contributed by atoms with van der Waals surface area (Å²) in [4.78, 5) is 11.2. The monoisotopic (exact) mass is 248 g/mol. The number of benzene rings is 3. The molecule has 3 aromatic carbocycles. The van der Waals surface area contributed by atoms with Crippen LogP contribution in [0.2, 0.25) is 0 Å². The molecule has 1 N–H and O–H groups in total. The Kier molecular flexibility index (Phi) is 2.76. The second-order valence-electron chi connectivity index (χ2n) is 4.41. The maximum absolute atomic E-state index is 11.2. The molecule has 92 valence electrons. The minimum atomic E-state index is -0.891. The van der Waals surface area contributed by atoms with Crippen LogP contribution in [0, 0.1) is 0 Å². The van der Waals surface area contributed by atoms with Crippen LogP contribution in [-0.4, -0.2) is 11.1 Å². The highest BCUT2D eigenvalue weighted by Gasteiger charge is 2.08. The Bertz CT molecular complexity index is 746. The number of fused-ring (bicyclic) bond motifs is 1. The van der Waals surface area contributed by atoms with E-state index in [-0.39, 0.29) is 0 Å². The summed E-state index contributed by atoms with van der Waals surface area (Å²) in [5.41, 5.74) is 2.57. The number of carboxylic acid groups (broad SMARTS) is 1. The van der Waals surface area contributed by atoms with Gasteiger partial charge in [0.2, 0.25) is 0 Å². The molecule has 2 nitrogen and oxygen atoms in total. The van der Waals surface area contributed by atoms with Gasteiger partial charge in [-0.15, -0.1) is 0 Å². The van der Waals surface area contributed by atoms with Crippen molar-refractivity contribution in [3.05, 3.63) is 72.3 Å². The third kappa shape index (κ3) is 2.08. The SMILES string of the molecule is O=C(O)c1cccc2cc(-c3ccccc3)ccc12. The fourth-order valence-corrected chi connectivity index (χ4v) is 2.28. The molecule has 0 atom stereocenters. The fourth-order valence-electron chi connectivity index (χ4n) is 2.28. The Morgan fingerprint density at radius 2 is 1.58 bits per heavy atom. The highest BCUT2D eigenvalue weighted by molar-refractivity contribution is 6.04. The third-order valence-electron chi connectivity index (χ3n) is 3.22. The van der Waals surface area contributed by atoms with Gasteiger partial charge in [0.05, 0.1) is 5.56 Å². The van der Waals surface area contributed by atoms with Gasteiger partial charge in [-0.2, -0.15) is 0 Å². The smallest absolute Gasteiger partial charge is 0.336 e. The lowest BCUT2D eigenvalue weighted by atomic mass is 9.99. The predicted molar refractivity (Wildman–Crippen MR) is 76.3 cm³/mol. The third-order valence-corrected chi connectivity index (χ3v) is 3.22. The number of hydrogen-bond donors (Lipinski definition) is 1. The van der Waals surface area contributed by atoms with Gasteiger partial charge in [-0.3, -0.25) is 0 Å². The normalized spacial score (nSPS) is 10.5. The highest BCUT2D eigenvalue weighted by Crippen LogP contribution is 2.26. The molecule has 0 aromatic heterocycles. The van der Waals surface area contributed by atoms with Gasteiger partial charge in [0.25, 0.3) is 0 Å². The summed E-state index contributed by atoms with van der Waals surface area (Å²) in [5, 5.41) is 10.9. The Morgan fingerprint density at radius 3 is 2.32 bits per heavy atom. The van der Waals surface area contributed by atoms with Crippen molar-refractivity contribution in [2.45, 2.75) is 0 Å². The van der Waals surface area contributed by atoms with Crippen molar-refractivity contribution in [1.82, 2.24) is 0 Å². The van der Waals surface area contributed by atoms with Crippen molar-refractivity contribution >= 4 is 16.7 Å². The summed E-state index contributed by atoms with van der Waals surface area (Å²) in [6, 6.07) is 21.3. The van der Waals surface area contributed by atoms with Crippen LogP contribution in [0.15, 0.2) is 66.7 Å². The first-order valence-electron chi connectivity index (χ1n) is 6.07. The average Bonchev–Trinajstić information content (AvgIpc) is 2.47. The minimum Gasteiger partial charge on any atom is -0.478 e. The molecule has 3 rings (SSSR count). The molecule has 2 heteroatoms. The first-order valence-corrected chi connectivity index (χ1v) is 6.07. The van der Waals surface area contributed by atoms with Crippen LogP contribution >= 0.6 is 0 Å². The molecule has 3 aromatic rings. The molecule has 0 radical (unpaired) electrons. The van der Waals surface area contributed by atoms with Crippen molar-refractivity contribution in [3.8, 4) is 11.1 Å². The number of hydrogen-bond acceptors (Lipinski definition) is 1. The van der Waals surface area contributed by atoms with Crippen molar-refractivity contribution in [2.24, 2.45) is 0 Å². The fraction of sp³-hybridized carbons (Fsp3) is 0. The maximum Gasteiger partial charge on any atom is 0.336 e. The van der Waals surface area contributed by atoms with Gasteiger partial charge in [-0.25, -0.2) is 4.79 Å². The quantitative estimate of drug-likeness (QED) is 0.737. The van der Waals surface area contributed by atoms with Crippen LogP contribution in [0.3, 0.4) is 0 Å². The molecule has 0 aliphatic heterocycles. The Labute approximate surface area is 110 Å². The molecule has 0 aliphatic carbocycles. The lowest BCUT2D eigenvalue weighted by molar-refractivity contribution is 0.0699. The first kappa shape index (κ1) is 11.5. The van der Waals surface area contributed by atoms with Crippen LogP contribution in [-0.2, 0) is 0 Å². The van der Waals surface area contributed by atoms with E-state index in [4.69, 9.17) is 5.11 Å². The zero-order chi connectivity index (χ0) is 13.2. The van der Waals surface area contributed by atoms with Gasteiger partial charge in [-0.05, 0) is 34.0 Å². The molecule has 0 saturated carbocycles. The van der Waals surface area contributed by atoms with Gasteiger partial charge in [-0.1, -0.05) is 54.6 Å². The zero-order valence-corrected chi connectivity index (χ0v) is 10.2. The molecule has 0 spiro atoms. The standard InChI is InChI=1S/C17H12O2/c18-17(19)16-8-4-7-14-11-13(9-10-15(14)16)12-5-2-1-3-6-12/h1-11H,(H,18,19). The van der Waals surface area contributed by atoms with Gasteiger partial charge in [0, 0.05) is 0 Å². The minimum absolute atomic E-state index is 0.345. The summed E-state index contributed by atoms with van der Waals surface area (Å²) in [7, 11) is 0. The largest absolute Gasteiger partial charge is 0.478 e. The van der Waals surface area contributed by atoms with E-state index in [0.29, 0.717) is 5.56 Å². The summed E-state index contributed by atoms with van der Waals surface area (Å²) in [6.45, 7) is 0. The molecule has 0 fully saturated rings. The van der Waals surface area contributed by atoms with E-state index >= 15 is 0 Å². The number of carbonyl (C=O) groups is 1. The van der Waals surface area contributed by atoms with E-state index in [1.54, 1.807) is 12.1 Å². The average molecular weight is 248 g/mol. The van der Waals surface area contributed by atoms with Gasteiger partial charge in [0.1, 0.15) is 0 Å². The van der Waals surface area contributed by atoms with E-state index in [9.17, 15) is 4.79 Å². The summed E-state index contributed by atoms with van der Waals surface area (Å²) >= 11 is 0. The van der Waals surface area contributed by atoms with Crippen molar-refractivity contribution in [1.29, 1.82) is 0 Å². The molecule has 0 bridgehead atoms. The van der Waals surface area contributed by atoms with Crippen LogP contribution in [0.1, 0.15) is 10.4 Å². The van der Waals surface area contributed by atoms with E-state index in [1.165, 1.54) is 0 Å². The van der Waals surface area contributed by atoms with Crippen LogP contribution in [0.25, 0.3) is 21.9 Å². The molecule has 0 saturated heterocycles. The second kappa shape index (κ2) is 4.58. The molecule has 19 heavy (non-hydrogen) atoms. The Hall–Kier alpha value is -2.61. The lowest BCUT2D eigenvalue weighted by Crippen LogP contribution is -1.96. The van der Waals surface area contributed by atoms with Gasteiger partial charge < -0.3 is 5.11 Å². The predicted octanol–water partition coefficient (Wildman–Crippen LogP) is 4.21. The number of aromatic carboxylic acids is 1. The van der Waals surface area contributed by atoms with E-state index in [1.807, 2.05) is 54.6 Å². The summed E-state index contributed by atoms with van der Waals surface area (Å²) < 4.78 is 0. The molecular weight excluding hydrogens is 236 g/mol. The highest BCUT2D eigenvalue weighted by atomic mass is 16.4. The lowest BCUT2D eigenvalue weighted by Gasteiger charge is -2.06. The van der Waals surface area contributed by atoms with Crippen molar-refractivity contribution < 1.29 is 9.90 Å². The van der Waals surface area contributed by atoms with E-state index < -0.39 is 5.97 Å². The van der Waals surface area contributed by atoms with Crippen LogP contribution in [0.5, 0.6) is 0 Å². The topological polar surface area (TPSA) is 37.3 Å². The van der Waals surface area contributed by atoms with Crippen molar-refractivity contribution in [3.63, 3.8) is 0 Å². The molecular formula is C17H12O2. The molecule has 0 unspecified atom stereocenters. The molecule has 0 heterocycles. The zero-order valence-electron chi connectivity index (χ0n) is 10.2. The Balaban J connectivity index is 2.20. The maximum atomic E-state index is 11.2. The summed E-state index contributed by atoms with van der Waals surface area (Å²) in [6.07, 6.45) is 0. The number of carboxylic acids is 1. The van der Waals surface area contributed by atoms with Crippen molar-refractivity contribution in [2.75, 3.05) is 0 Å². The van der Waals surface area contributed by atoms with Gasteiger partial charge in [0.15, 0.2) is 0 Å². The van der Waals surface area contributed by atoms with E-state index in [2.05, 4.69) is 0 Å². The van der Waals surface area contributed by atoms with E-state index in [0.717, 1.165) is 21.9 Å². The first-order chi connectivity index (χ1) is 9.25. The van der Waals surface area contributed by atoms with Crippen LogP contribution in [0.4, 0.5) is 0 Å². The van der Waals surface area contributed by atoms with Gasteiger partial charge >= 0.3 is 5.97 Å². The second-order valence-corrected chi connectivity index (χ2v) is 4.41. The van der Waals surface area contributed by atoms with Crippen LogP contribution < -0.4 is 0 Å².